The molecule has 1 heterocycles. The molecule has 0 aromatic heterocycles. The molecule has 104 valence electrons. The molecule has 1 aromatic carbocycles. The third-order valence-electron chi connectivity index (χ3n) is 4.55. The topological polar surface area (TPSA) is 20.3 Å². The van der Waals surface area contributed by atoms with Gasteiger partial charge in [0.2, 0.25) is 0 Å². The molecule has 3 heteroatoms. The Bertz CT molecular complexity index is 437. The first-order valence-electron chi connectivity index (χ1n) is 7.10. The van der Waals surface area contributed by atoms with Gasteiger partial charge in [-0.15, -0.1) is 0 Å². The Kier molecular flexibility index (Phi) is 4.64. The van der Waals surface area contributed by atoms with Gasteiger partial charge in [-0.2, -0.15) is 0 Å². The van der Waals surface area contributed by atoms with Gasteiger partial charge in [0.1, 0.15) is 0 Å². The number of benzene rings is 1. The summed E-state index contributed by atoms with van der Waals surface area (Å²) in [5, 5.41) is 0.675. The molecule has 0 atom stereocenters. The van der Waals surface area contributed by atoms with Gasteiger partial charge in [0.05, 0.1) is 6.54 Å². The second kappa shape index (κ2) is 6.06. The second-order valence-electron chi connectivity index (χ2n) is 5.60. The number of Topliss-reactive ketones (excluding diaryl/α,β-unsaturated/α-hetero) is 1. The molecule has 2 nitrogen and oxygen atoms in total. The third kappa shape index (κ3) is 3.37. The molecule has 19 heavy (non-hydrogen) atoms. The van der Waals surface area contributed by atoms with Crippen molar-refractivity contribution in [3.05, 3.63) is 34.9 Å². The highest BCUT2D eigenvalue weighted by Gasteiger charge is 2.35. The summed E-state index contributed by atoms with van der Waals surface area (Å²) in [6.45, 7) is 7.14. The lowest BCUT2D eigenvalue weighted by atomic mass is 9.82. The van der Waals surface area contributed by atoms with E-state index in [4.69, 9.17) is 11.6 Å². The van der Waals surface area contributed by atoms with Crippen LogP contribution in [0.4, 0.5) is 0 Å². The first kappa shape index (κ1) is 14.5. The zero-order chi connectivity index (χ0) is 13.9. The molecule has 1 aromatic rings. The summed E-state index contributed by atoms with van der Waals surface area (Å²) in [4.78, 5) is 14.5. The van der Waals surface area contributed by atoms with E-state index in [0.29, 0.717) is 17.0 Å². The molecular weight excluding hydrogens is 258 g/mol. The van der Waals surface area contributed by atoms with Crippen molar-refractivity contribution in [2.75, 3.05) is 19.6 Å². The van der Waals surface area contributed by atoms with Crippen LogP contribution in [-0.4, -0.2) is 30.3 Å². The maximum absolute atomic E-state index is 12.2. The van der Waals surface area contributed by atoms with Gasteiger partial charge in [-0.05, 0) is 55.5 Å². The number of nitrogens with zero attached hydrogens (tertiary/aromatic N) is 1. The molecule has 1 fully saturated rings. The van der Waals surface area contributed by atoms with E-state index >= 15 is 0 Å². The normalized spacial score (nSPS) is 18.7. The van der Waals surface area contributed by atoms with Gasteiger partial charge in [-0.25, -0.2) is 0 Å². The first-order chi connectivity index (χ1) is 9.08. The Morgan fingerprint density at radius 1 is 1.26 bits per heavy atom. The molecule has 0 amide bonds. The molecular formula is C16H22ClNO. The largest absolute Gasteiger partial charge is 0.295 e. The summed E-state index contributed by atoms with van der Waals surface area (Å²) in [6, 6.07) is 7.18. The Labute approximate surface area is 120 Å². The molecule has 0 N–H and O–H groups in total. The van der Waals surface area contributed by atoms with Crippen LogP contribution in [0.5, 0.6) is 0 Å². The molecule has 1 aliphatic rings. The minimum atomic E-state index is 0.194. The maximum atomic E-state index is 12.2. The number of likely N-dealkylation sites (tertiary alicyclic amines) is 1. The van der Waals surface area contributed by atoms with Crippen molar-refractivity contribution >= 4 is 17.4 Å². The van der Waals surface area contributed by atoms with Gasteiger partial charge in [0.25, 0.3) is 0 Å². The van der Waals surface area contributed by atoms with E-state index in [1.54, 1.807) is 12.1 Å². The minimum absolute atomic E-state index is 0.194. The van der Waals surface area contributed by atoms with E-state index in [9.17, 15) is 4.79 Å². The van der Waals surface area contributed by atoms with Crippen LogP contribution < -0.4 is 0 Å². The average Bonchev–Trinajstić information content (AvgIpc) is 2.83. The van der Waals surface area contributed by atoms with Crippen molar-refractivity contribution in [3.63, 3.8) is 0 Å². The van der Waals surface area contributed by atoms with Crippen molar-refractivity contribution in [1.82, 2.24) is 4.90 Å². The van der Waals surface area contributed by atoms with Crippen molar-refractivity contribution < 1.29 is 4.79 Å². The van der Waals surface area contributed by atoms with Crippen molar-refractivity contribution in [3.8, 4) is 0 Å². The summed E-state index contributed by atoms with van der Waals surface area (Å²) in [6.07, 6.45) is 3.62. The number of carbonyl (C=O) groups excluding carboxylic acids is 1. The lowest BCUT2D eigenvalue weighted by Crippen LogP contribution is -2.30. The van der Waals surface area contributed by atoms with Gasteiger partial charge in [0, 0.05) is 17.1 Å². The highest BCUT2D eigenvalue weighted by Crippen LogP contribution is 2.36. The predicted octanol–water partition coefficient (Wildman–Crippen LogP) is 4.03. The van der Waals surface area contributed by atoms with Crippen molar-refractivity contribution in [2.45, 2.75) is 33.1 Å². The molecule has 1 saturated heterocycles. The van der Waals surface area contributed by atoms with Crippen molar-refractivity contribution in [1.29, 1.82) is 0 Å². The van der Waals surface area contributed by atoms with Crippen LogP contribution >= 0.6 is 11.6 Å². The lowest BCUT2D eigenvalue weighted by Gasteiger charge is -2.26. The van der Waals surface area contributed by atoms with Crippen LogP contribution in [0.2, 0.25) is 5.02 Å². The van der Waals surface area contributed by atoms with E-state index in [1.807, 2.05) is 12.1 Å². The maximum Gasteiger partial charge on any atom is 0.176 e. The van der Waals surface area contributed by atoms with E-state index in [0.717, 1.165) is 18.7 Å². The molecule has 0 radical (unpaired) electrons. The summed E-state index contributed by atoms with van der Waals surface area (Å²) in [5.41, 5.74) is 1.19. The van der Waals surface area contributed by atoms with Crippen LogP contribution in [0, 0.1) is 5.41 Å². The monoisotopic (exact) mass is 279 g/mol. The Morgan fingerprint density at radius 3 is 2.42 bits per heavy atom. The zero-order valence-corrected chi connectivity index (χ0v) is 12.5. The van der Waals surface area contributed by atoms with E-state index in [-0.39, 0.29) is 5.78 Å². The summed E-state index contributed by atoms with van der Waals surface area (Å²) >= 11 is 5.84. The Balaban J connectivity index is 1.95. The first-order valence-corrected chi connectivity index (χ1v) is 7.47. The fraction of sp³-hybridized carbons (Fsp3) is 0.562. The zero-order valence-electron chi connectivity index (χ0n) is 11.8. The standard InChI is InChI=1S/C16H22ClNO/c1-3-16(4-2)9-10-18(12-16)11-15(19)13-5-7-14(17)8-6-13/h5-8H,3-4,9-12H2,1-2H3. The van der Waals surface area contributed by atoms with E-state index in [1.165, 1.54) is 19.3 Å². The number of halogens is 1. The predicted molar refractivity (Wildman–Crippen MR) is 79.9 cm³/mol. The average molecular weight is 280 g/mol. The number of ketones is 1. The number of rotatable bonds is 5. The summed E-state index contributed by atoms with van der Waals surface area (Å²) in [7, 11) is 0. The van der Waals surface area contributed by atoms with Gasteiger partial charge in [0.15, 0.2) is 5.78 Å². The fourth-order valence-electron chi connectivity index (χ4n) is 2.92. The van der Waals surface area contributed by atoms with Crippen molar-refractivity contribution in [2.24, 2.45) is 5.41 Å². The molecule has 2 rings (SSSR count). The number of hydrogen-bond acceptors (Lipinski definition) is 2. The lowest BCUT2D eigenvalue weighted by molar-refractivity contribution is 0.0936. The molecule has 0 unspecified atom stereocenters. The summed E-state index contributed by atoms with van der Waals surface area (Å²) in [5.74, 6) is 0.194. The van der Waals surface area contributed by atoms with Crippen LogP contribution in [0.25, 0.3) is 0 Å². The number of carbonyl (C=O) groups is 1. The van der Waals surface area contributed by atoms with Gasteiger partial charge < -0.3 is 0 Å². The molecule has 0 aliphatic carbocycles. The van der Waals surface area contributed by atoms with E-state index in [2.05, 4.69) is 18.7 Å². The third-order valence-corrected chi connectivity index (χ3v) is 4.80. The van der Waals surface area contributed by atoms with Crippen LogP contribution in [0.15, 0.2) is 24.3 Å². The second-order valence-corrected chi connectivity index (χ2v) is 6.03. The Hall–Kier alpha value is -0.860. The fourth-order valence-corrected chi connectivity index (χ4v) is 3.05. The number of hydrogen-bond donors (Lipinski definition) is 0. The van der Waals surface area contributed by atoms with Gasteiger partial charge in [-0.1, -0.05) is 25.4 Å². The Morgan fingerprint density at radius 2 is 1.89 bits per heavy atom. The molecule has 0 saturated carbocycles. The van der Waals surface area contributed by atoms with Crippen LogP contribution in [-0.2, 0) is 0 Å². The highest BCUT2D eigenvalue weighted by molar-refractivity contribution is 6.30. The molecule has 0 spiro atoms. The highest BCUT2D eigenvalue weighted by atomic mass is 35.5. The van der Waals surface area contributed by atoms with Crippen LogP contribution in [0.3, 0.4) is 0 Å². The molecule has 0 bridgehead atoms. The molecule has 1 aliphatic heterocycles. The SMILES string of the molecule is CCC1(CC)CCN(CC(=O)c2ccc(Cl)cc2)C1. The van der Waals surface area contributed by atoms with Gasteiger partial charge >= 0.3 is 0 Å². The van der Waals surface area contributed by atoms with E-state index < -0.39 is 0 Å². The smallest absolute Gasteiger partial charge is 0.176 e. The van der Waals surface area contributed by atoms with Gasteiger partial charge in [-0.3, -0.25) is 9.69 Å². The minimum Gasteiger partial charge on any atom is -0.295 e. The van der Waals surface area contributed by atoms with Crippen LogP contribution in [0.1, 0.15) is 43.5 Å². The quantitative estimate of drug-likeness (QED) is 0.759. The summed E-state index contributed by atoms with van der Waals surface area (Å²) < 4.78 is 0.